The van der Waals surface area contributed by atoms with Gasteiger partial charge in [-0.3, -0.25) is 0 Å². The molecule has 31 heavy (non-hydrogen) atoms. The molecule has 0 radical (unpaired) electrons. The van der Waals surface area contributed by atoms with Gasteiger partial charge in [-0.25, -0.2) is 9.59 Å². The number of carboxylic acid groups (broad SMARTS) is 1. The molecule has 0 bridgehead atoms. The summed E-state index contributed by atoms with van der Waals surface area (Å²) in [5, 5.41) is 9.56. The molecular weight excluding hydrogens is 388 g/mol. The summed E-state index contributed by atoms with van der Waals surface area (Å²) in [7, 11) is 0. The summed E-state index contributed by atoms with van der Waals surface area (Å²) in [4.78, 5) is 25.1. The third kappa shape index (κ3) is 3.83. The number of carbonyl (C=O) groups is 2. The van der Waals surface area contributed by atoms with Gasteiger partial charge in [-0.2, -0.15) is 0 Å². The highest BCUT2D eigenvalue weighted by atomic mass is 16.6. The van der Waals surface area contributed by atoms with Crippen molar-refractivity contribution in [2.24, 2.45) is 0 Å². The second-order valence-corrected chi connectivity index (χ2v) is 7.02. The molecule has 0 saturated carbocycles. The Balaban J connectivity index is 1.95. The van der Waals surface area contributed by atoms with Crippen LogP contribution in [0.25, 0.3) is 0 Å². The van der Waals surface area contributed by atoms with E-state index in [2.05, 4.69) is 0 Å². The van der Waals surface area contributed by atoms with Crippen LogP contribution in [0.15, 0.2) is 115 Å². The summed E-state index contributed by atoms with van der Waals surface area (Å²) in [6, 6.07) is 34.5. The van der Waals surface area contributed by atoms with Gasteiger partial charge in [-0.1, -0.05) is 103 Å². The number of ether oxygens (including phenoxy) is 1. The predicted octanol–water partition coefficient (Wildman–Crippen LogP) is 5.53. The lowest BCUT2D eigenvalue weighted by molar-refractivity contribution is 0.0137. The molecule has 0 unspecified atom stereocenters. The first-order chi connectivity index (χ1) is 15.1. The summed E-state index contributed by atoms with van der Waals surface area (Å²) < 4.78 is 6.27. The van der Waals surface area contributed by atoms with E-state index in [4.69, 9.17) is 4.74 Å². The van der Waals surface area contributed by atoms with Crippen LogP contribution in [0.5, 0.6) is 0 Å². The minimum atomic E-state index is -1.26. The number of aromatic carboxylic acids is 1. The molecule has 0 saturated heterocycles. The highest BCUT2D eigenvalue weighted by Crippen LogP contribution is 2.41. The highest BCUT2D eigenvalue weighted by Gasteiger charge is 2.41. The van der Waals surface area contributed by atoms with E-state index in [0.29, 0.717) is 0 Å². The van der Waals surface area contributed by atoms with Gasteiger partial charge in [0.25, 0.3) is 0 Å². The molecule has 0 spiro atoms. The topological polar surface area (TPSA) is 63.6 Å². The minimum Gasteiger partial charge on any atom is -0.478 e. The van der Waals surface area contributed by atoms with Crippen molar-refractivity contribution in [3.8, 4) is 0 Å². The number of carboxylic acids is 1. The van der Waals surface area contributed by atoms with Crippen LogP contribution < -0.4 is 0 Å². The molecule has 0 aliphatic heterocycles. The van der Waals surface area contributed by atoms with Crippen LogP contribution in [0, 0.1) is 0 Å². The van der Waals surface area contributed by atoms with Crippen LogP contribution >= 0.6 is 0 Å². The third-order valence-electron chi connectivity index (χ3n) is 5.16. The Hall–Kier alpha value is -4.18. The molecule has 0 fully saturated rings. The quantitative estimate of drug-likeness (QED) is 0.336. The van der Waals surface area contributed by atoms with Crippen LogP contribution in [0.4, 0.5) is 0 Å². The lowest BCUT2D eigenvalue weighted by Gasteiger charge is -2.35. The smallest absolute Gasteiger partial charge is 0.340 e. The maximum absolute atomic E-state index is 13.4. The molecule has 4 heteroatoms. The van der Waals surface area contributed by atoms with Crippen LogP contribution in [-0.2, 0) is 10.3 Å². The van der Waals surface area contributed by atoms with Crippen molar-refractivity contribution < 1.29 is 19.4 Å². The fourth-order valence-electron chi connectivity index (χ4n) is 3.74. The average molecular weight is 408 g/mol. The van der Waals surface area contributed by atoms with Crippen molar-refractivity contribution in [3.63, 3.8) is 0 Å². The zero-order chi connectivity index (χ0) is 21.7. The van der Waals surface area contributed by atoms with Gasteiger partial charge in [0.2, 0.25) is 0 Å². The maximum Gasteiger partial charge on any atom is 0.340 e. The van der Waals surface area contributed by atoms with Gasteiger partial charge < -0.3 is 9.84 Å². The predicted molar refractivity (Wildman–Crippen MR) is 118 cm³/mol. The molecule has 1 N–H and O–H groups in total. The molecule has 0 atom stereocenters. The first-order valence-corrected chi connectivity index (χ1v) is 9.85. The van der Waals surface area contributed by atoms with E-state index in [1.54, 1.807) is 12.1 Å². The number of benzene rings is 4. The summed E-state index contributed by atoms with van der Waals surface area (Å²) in [6.07, 6.45) is 0. The van der Waals surface area contributed by atoms with Crippen LogP contribution in [-0.4, -0.2) is 17.0 Å². The van der Waals surface area contributed by atoms with Crippen molar-refractivity contribution in [2.45, 2.75) is 5.60 Å². The fourth-order valence-corrected chi connectivity index (χ4v) is 3.74. The lowest BCUT2D eigenvalue weighted by Crippen LogP contribution is -2.35. The summed E-state index contributed by atoms with van der Waals surface area (Å²) in [5.41, 5.74) is 0.917. The first kappa shape index (κ1) is 20.1. The van der Waals surface area contributed by atoms with Gasteiger partial charge in [0.05, 0.1) is 11.1 Å². The standard InChI is InChI=1S/C27H20O4/c28-25(29)23-18-10-11-19-24(23)26(30)31-27(20-12-4-1-5-13-20,21-14-6-2-7-15-21)22-16-8-3-9-17-22/h1-19H,(H,28,29). The molecule has 0 amide bonds. The molecule has 4 rings (SSSR count). The maximum atomic E-state index is 13.4. The molecule has 0 heterocycles. The average Bonchev–Trinajstić information content (AvgIpc) is 2.84. The number of hydrogen-bond donors (Lipinski definition) is 1. The van der Waals surface area contributed by atoms with E-state index in [9.17, 15) is 14.7 Å². The molecule has 4 nitrogen and oxygen atoms in total. The van der Waals surface area contributed by atoms with Crippen LogP contribution in [0.2, 0.25) is 0 Å². The van der Waals surface area contributed by atoms with Gasteiger partial charge in [0, 0.05) is 16.7 Å². The van der Waals surface area contributed by atoms with E-state index in [-0.39, 0.29) is 11.1 Å². The Labute approximate surface area is 180 Å². The molecule has 4 aromatic rings. The van der Waals surface area contributed by atoms with Crippen molar-refractivity contribution >= 4 is 11.9 Å². The zero-order valence-corrected chi connectivity index (χ0v) is 16.6. The third-order valence-corrected chi connectivity index (χ3v) is 5.16. The highest BCUT2D eigenvalue weighted by molar-refractivity contribution is 6.02. The largest absolute Gasteiger partial charge is 0.478 e. The minimum absolute atomic E-state index is 0.00201. The number of rotatable bonds is 6. The van der Waals surface area contributed by atoms with Crippen LogP contribution in [0.1, 0.15) is 37.4 Å². The van der Waals surface area contributed by atoms with Gasteiger partial charge in [-0.05, 0) is 12.1 Å². The van der Waals surface area contributed by atoms with Crippen molar-refractivity contribution in [1.29, 1.82) is 0 Å². The van der Waals surface area contributed by atoms with Gasteiger partial charge in [0.1, 0.15) is 0 Å². The van der Waals surface area contributed by atoms with Gasteiger partial charge in [0.15, 0.2) is 5.60 Å². The second-order valence-electron chi connectivity index (χ2n) is 7.02. The van der Waals surface area contributed by atoms with Crippen LogP contribution in [0.3, 0.4) is 0 Å². The van der Waals surface area contributed by atoms with Crippen molar-refractivity contribution in [2.75, 3.05) is 0 Å². The molecular formula is C27H20O4. The SMILES string of the molecule is O=C(O)c1ccccc1C(=O)OC(c1ccccc1)(c1ccccc1)c1ccccc1. The van der Waals surface area contributed by atoms with E-state index in [1.807, 2.05) is 91.0 Å². The normalized spacial score (nSPS) is 11.0. The number of carbonyl (C=O) groups excluding carboxylic acids is 1. The van der Waals surface area contributed by atoms with Crippen molar-refractivity contribution in [3.05, 3.63) is 143 Å². The van der Waals surface area contributed by atoms with Gasteiger partial charge in [-0.15, -0.1) is 0 Å². The Kier molecular flexibility index (Phi) is 5.63. The second kappa shape index (κ2) is 8.67. The molecule has 152 valence electrons. The van der Waals surface area contributed by atoms with Gasteiger partial charge >= 0.3 is 11.9 Å². The number of hydrogen-bond acceptors (Lipinski definition) is 3. The van der Waals surface area contributed by atoms with E-state index >= 15 is 0 Å². The molecule has 4 aromatic carbocycles. The summed E-state index contributed by atoms with van der Waals surface area (Å²) in [5.74, 6) is -1.90. The van der Waals surface area contributed by atoms with E-state index in [0.717, 1.165) is 16.7 Å². The Morgan fingerprint density at radius 1 is 0.548 bits per heavy atom. The molecule has 0 aliphatic rings. The molecule has 0 aromatic heterocycles. The summed E-state index contributed by atoms with van der Waals surface area (Å²) >= 11 is 0. The zero-order valence-electron chi connectivity index (χ0n) is 16.6. The Morgan fingerprint density at radius 3 is 1.29 bits per heavy atom. The number of esters is 1. The molecule has 0 aliphatic carbocycles. The Bertz CT molecular complexity index is 1090. The van der Waals surface area contributed by atoms with Crippen molar-refractivity contribution in [1.82, 2.24) is 0 Å². The first-order valence-electron chi connectivity index (χ1n) is 9.85. The van der Waals surface area contributed by atoms with E-state index < -0.39 is 17.5 Å². The monoisotopic (exact) mass is 408 g/mol. The fraction of sp³-hybridized carbons (Fsp3) is 0.0370. The van der Waals surface area contributed by atoms with E-state index in [1.165, 1.54) is 12.1 Å². The summed E-state index contributed by atoms with van der Waals surface area (Å²) in [6.45, 7) is 0. The Morgan fingerprint density at radius 2 is 0.903 bits per heavy atom. The lowest BCUT2D eigenvalue weighted by atomic mass is 9.80.